The van der Waals surface area contributed by atoms with E-state index in [0.29, 0.717) is 6.04 Å². The molecule has 1 N–H and O–H groups in total. The maximum atomic E-state index is 6.08. The number of ether oxygens (including phenoxy) is 1. The van der Waals surface area contributed by atoms with Crippen LogP contribution in [0.15, 0.2) is 18.2 Å². The standard InChI is InChI=1S/C16H26ClNO/c1-4-13(3)18-10-6-7-11-19-15-8-9-16(17)14(5-2)12-15/h8-9,12-13,18H,4-7,10-11H2,1-3H3. The van der Waals surface area contributed by atoms with Crippen molar-refractivity contribution in [3.05, 3.63) is 28.8 Å². The molecule has 0 aromatic heterocycles. The van der Waals surface area contributed by atoms with E-state index in [1.807, 2.05) is 18.2 Å². The first-order valence-electron chi connectivity index (χ1n) is 7.32. The van der Waals surface area contributed by atoms with Crippen LogP contribution >= 0.6 is 11.6 Å². The maximum absolute atomic E-state index is 6.08. The Balaban J connectivity index is 2.19. The van der Waals surface area contributed by atoms with Crippen molar-refractivity contribution in [2.45, 2.75) is 52.5 Å². The van der Waals surface area contributed by atoms with Gasteiger partial charge in [0.2, 0.25) is 0 Å². The lowest BCUT2D eigenvalue weighted by Gasteiger charge is -2.11. The van der Waals surface area contributed by atoms with Crippen LogP contribution in [0.5, 0.6) is 5.75 Å². The Morgan fingerprint density at radius 3 is 2.74 bits per heavy atom. The number of nitrogens with one attached hydrogen (secondary N) is 1. The van der Waals surface area contributed by atoms with E-state index >= 15 is 0 Å². The zero-order valence-corrected chi connectivity index (χ0v) is 13.1. The molecule has 2 nitrogen and oxygen atoms in total. The number of hydrogen-bond donors (Lipinski definition) is 1. The average molecular weight is 284 g/mol. The molecule has 108 valence electrons. The van der Waals surface area contributed by atoms with Crippen LogP contribution in [-0.4, -0.2) is 19.2 Å². The second-order valence-electron chi connectivity index (χ2n) is 4.93. The van der Waals surface area contributed by atoms with Crippen LogP contribution in [0.1, 0.15) is 45.6 Å². The molecule has 1 unspecified atom stereocenters. The predicted octanol–water partition coefficient (Wildman–Crippen LogP) is 4.45. The van der Waals surface area contributed by atoms with Gasteiger partial charge in [-0.15, -0.1) is 0 Å². The van der Waals surface area contributed by atoms with Crippen molar-refractivity contribution in [3.8, 4) is 5.75 Å². The molecular formula is C16H26ClNO. The van der Waals surface area contributed by atoms with Gasteiger partial charge >= 0.3 is 0 Å². The quantitative estimate of drug-likeness (QED) is 0.676. The summed E-state index contributed by atoms with van der Waals surface area (Å²) in [5, 5.41) is 4.31. The first-order chi connectivity index (χ1) is 9.17. The van der Waals surface area contributed by atoms with Gasteiger partial charge in [0, 0.05) is 11.1 Å². The highest BCUT2D eigenvalue weighted by Crippen LogP contribution is 2.22. The fourth-order valence-electron chi connectivity index (χ4n) is 1.82. The molecule has 1 rings (SSSR count). The highest BCUT2D eigenvalue weighted by Gasteiger charge is 2.01. The third-order valence-electron chi connectivity index (χ3n) is 3.34. The first-order valence-corrected chi connectivity index (χ1v) is 7.69. The monoisotopic (exact) mass is 283 g/mol. The van der Waals surface area contributed by atoms with Crippen molar-refractivity contribution < 1.29 is 4.74 Å². The molecule has 1 aromatic carbocycles. The van der Waals surface area contributed by atoms with Gasteiger partial charge in [-0.2, -0.15) is 0 Å². The second kappa shape index (κ2) is 9.22. The molecule has 0 amide bonds. The molecule has 1 aromatic rings. The van der Waals surface area contributed by atoms with Gasteiger partial charge < -0.3 is 10.1 Å². The van der Waals surface area contributed by atoms with Crippen molar-refractivity contribution in [2.24, 2.45) is 0 Å². The van der Waals surface area contributed by atoms with Crippen LogP contribution in [0.2, 0.25) is 5.02 Å². The van der Waals surface area contributed by atoms with E-state index in [1.54, 1.807) is 0 Å². The van der Waals surface area contributed by atoms with Crippen molar-refractivity contribution >= 4 is 11.6 Å². The molecule has 0 bridgehead atoms. The number of halogens is 1. The molecule has 0 heterocycles. The molecule has 0 saturated heterocycles. The van der Waals surface area contributed by atoms with E-state index in [1.165, 1.54) is 6.42 Å². The molecule has 3 heteroatoms. The molecule has 1 atom stereocenters. The van der Waals surface area contributed by atoms with Gasteiger partial charge in [-0.3, -0.25) is 0 Å². The zero-order valence-electron chi connectivity index (χ0n) is 12.3. The van der Waals surface area contributed by atoms with Crippen molar-refractivity contribution in [2.75, 3.05) is 13.2 Å². The van der Waals surface area contributed by atoms with E-state index in [4.69, 9.17) is 16.3 Å². The van der Waals surface area contributed by atoms with Gasteiger partial charge in [0.25, 0.3) is 0 Å². The molecular weight excluding hydrogens is 258 g/mol. The summed E-state index contributed by atoms with van der Waals surface area (Å²) in [6.45, 7) is 8.36. The number of rotatable bonds is 9. The minimum Gasteiger partial charge on any atom is -0.494 e. The maximum Gasteiger partial charge on any atom is 0.119 e. The summed E-state index contributed by atoms with van der Waals surface area (Å²) in [6, 6.07) is 6.52. The number of unbranched alkanes of at least 4 members (excludes halogenated alkanes) is 1. The van der Waals surface area contributed by atoms with Crippen molar-refractivity contribution in [3.63, 3.8) is 0 Å². The fourth-order valence-corrected chi connectivity index (χ4v) is 2.07. The summed E-state index contributed by atoms with van der Waals surface area (Å²) in [5.41, 5.74) is 1.15. The first kappa shape index (κ1) is 16.3. The molecule has 0 saturated carbocycles. The van der Waals surface area contributed by atoms with Crippen molar-refractivity contribution in [1.29, 1.82) is 0 Å². The molecule has 0 aliphatic carbocycles. The van der Waals surface area contributed by atoms with Gasteiger partial charge in [0.05, 0.1) is 6.61 Å². The molecule has 0 aliphatic heterocycles. The van der Waals surface area contributed by atoms with Crippen LogP contribution in [0.4, 0.5) is 0 Å². The van der Waals surface area contributed by atoms with Crippen LogP contribution in [0, 0.1) is 0 Å². The van der Waals surface area contributed by atoms with Crippen LogP contribution < -0.4 is 10.1 Å². The lowest BCUT2D eigenvalue weighted by Crippen LogP contribution is -2.26. The van der Waals surface area contributed by atoms with Gasteiger partial charge in [-0.1, -0.05) is 25.4 Å². The smallest absolute Gasteiger partial charge is 0.119 e. The van der Waals surface area contributed by atoms with Crippen LogP contribution in [-0.2, 0) is 6.42 Å². The summed E-state index contributed by atoms with van der Waals surface area (Å²) in [7, 11) is 0. The SMILES string of the molecule is CCc1cc(OCCCCNC(C)CC)ccc1Cl. The Kier molecular flexibility index (Phi) is 7.92. The second-order valence-corrected chi connectivity index (χ2v) is 5.33. The largest absolute Gasteiger partial charge is 0.494 e. The molecule has 19 heavy (non-hydrogen) atoms. The number of benzene rings is 1. The summed E-state index contributed by atoms with van der Waals surface area (Å²) in [4.78, 5) is 0. The zero-order chi connectivity index (χ0) is 14.1. The number of hydrogen-bond acceptors (Lipinski definition) is 2. The Morgan fingerprint density at radius 2 is 2.05 bits per heavy atom. The fraction of sp³-hybridized carbons (Fsp3) is 0.625. The third-order valence-corrected chi connectivity index (χ3v) is 3.71. The lowest BCUT2D eigenvalue weighted by atomic mass is 10.1. The normalized spacial score (nSPS) is 12.4. The minimum atomic E-state index is 0.615. The third kappa shape index (κ3) is 6.31. The van der Waals surface area contributed by atoms with E-state index in [-0.39, 0.29) is 0 Å². The molecule has 0 fully saturated rings. The predicted molar refractivity (Wildman–Crippen MR) is 83.3 cm³/mol. The lowest BCUT2D eigenvalue weighted by molar-refractivity contribution is 0.304. The van der Waals surface area contributed by atoms with Crippen molar-refractivity contribution in [1.82, 2.24) is 5.32 Å². The Labute approximate surface area is 122 Å². The van der Waals surface area contributed by atoms with E-state index < -0.39 is 0 Å². The van der Waals surface area contributed by atoms with Gasteiger partial charge in [0.1, 0.15) is 5.75 Å². The Bertz CT molecular complexity index is 368. The van der Waals surface area contributed by atoms with Gasteiger partial charge in [0.15, 0.2) is 0 Å². The van der Waals surface area contributed by atoms with Crippen LogP contribution in [0.25, 0.3) is 0 Å². The molecule has 0 radical (unpaired) electrons. The van der Waals surface area contributed by atoms with E-state index in [9.17, 15) is 0 Å². The molecule has 0 spiro atoms. The minimum absolute atomic E-state index is 0.615. The summed E-state index contributed by atoms with van der Waals surface area (Å²) < 4.78 is 5.75. The highest BCUT2D eigenvalue weighted by molar-refractivity contribution is 6.31. The Morgan fingerprint density at radius 1 is 1.26 bits per heavy atom. The van der Waals surface area contributed by atoms with E-state index in [0.717, 1.165) is 48.7 Å². The van der Waals surface area contributed by atoms with Gasteiger partial charge in [-0.05, 0) is 62.9 Å². The van der Waals surface area contributed by atoms with E-state index in [2.05, 4.69) is 26.1 Å². The highest BCUT2D eigenvalue weighted by atomic mass is 35.5. The average Bonchev–Trinajstić information content (AvgIpc) is 2.43. The summed E-state index contributed by atoms with van der Waals surface area (Å²) >= 11 is 6.08. The molecule has 0 aliphatic rings. The topological polar surface area (TPSA) is 21.3 Å². The number of aryl methyl sites for hydroxylation is 1. The van der Waals surface area contributed by atoms with Gasteiger partial charge in [-0.25, -0.2) is 0 Å². The summed E-state index contributed by atoms with van der Waals surface area (Å²) in [6.07, 6.45) is 4.35. The van der Waals surface area contributed by atoms with Crippen LogP contribution in [0.3, 0.4) is 0 Å². The Hall–Kier alpha value is -0.730. The summed E-state index contributed by atoms with van der Waals surface area (Å²) in [5.74, 6) is 0.927.